The summed E-state index contributed by atoms with van der Waals surface area (Å²) < 4.78 is 16.2. The maximum Gasteiger partial charge on any atom is 0.169 e. The van der Waals surface area contributed by atoms with Crippen molar-refractivity contribution in [3.63, 3.8) is 0 Å². The largest absolute Gasteiger partial charge is 0.497 e. The molecule has 0 amide bonds. The van der Waals surface area contributed by atoms with Crippen LogP contribution in [-0.4, -0.2) is 37.9 Å². The quantitative estimate of drug-likeness (QED) is 0.759. The van der Waals surface area contributed by atoms with Gasteiger partial charge in [0.15, 0.2) is 5.11 Å². The molecule has 1 fully saturated rings. The van der Waals surface area contributed by atoms with Crippen LogP contribution in [-0.2, 0) is 6.54 Å². The molecule has 0 bridgehead atoms. The first kappa shape index (κ1) is 19.3. The molecule has 5 nitrogen and oxygen atoms in total. The van der Waals surface area contributed by atoms with E-state index in [1.165, 1.54) is 0 Å². The van der Waals surface area contributed by atoms with E-state index in [0.717, 1.165) is 52.9 Å². The van der Waals surface area contributed by atoms with Gasteiger partial charge in [-0.05, 0) is 61.0 Å². The number of thiocarbonyl (C=S) groups is 1. The van der Waals surface area contributed by atoms with Crippen LogP contribution < -0.4 is 19.5 Å². The first-order valence-corrected chi connectivity index (χ1v) is 9.46. The minimum Gasteiger partial charge on any atom is -0.497 e. The summed E-state index contributed by atoms with van der Waals surface area (Å²) in [5.74, 6) is 2.55. The monoisotopic (exact) mass is 386 g/mol. The Labute approximate surface area is 166 Å². The zero-order valence-corrected chi connectivity index (χ0v) is 16.8. The van der Waals surface area contributed by atoms with Crippen LogP contribution in [0, 0.1) is 0 Å². The summed E-state index contributed by atoms with van der Waals surface area (Å²) in [6.07, 6.45) is 2.13. The summed E-state index contributed by atoms with van der Waals surface area (Å²) in [5.41, 5.74) is 2.27. The Morgan fingerprint density at radius 1 is 1.04 bits per heavy atom. The highest BCUT2D eigenvalue weighted by atomic mass is 32.1. The van der Waals surface area contributed by atoms with Crippen LogP contribution in [0.15, 0.2) is 42.5 Å². The topological polar surface area (TPSA) is 43.0 Å². The van der Waals surface area contributed by atoms with Crippen molar-refractivity contribution in [3.05, 3.63) is 53.6 Å². The predicted octanol–water partition coefficient (Wildman–Crippen LogP) is 3.92. The van der Waals surface area contributed by atoms with E-state index in [-0.39, 0.29) is 6.04 Å². The van der Waals surface area contributed by atoms with Gasteiger partial charge in [0.25, 0.3) is 0 Å². The highest BCUT2D eigenvalue weighted by Crippen LogP contribution is 2.38. The lowest BCUT2D eigenvalue weighted by molar-refractivity contribution is 0.357. The Balaban J connectivity index is 1.70. The van der Waals surface area contributed by atoms with E-state index in [9.17, 15) is 0 Å². The molecule has 1 aliphatic rings. The van der Waals surface area contributed by atoms with Crippen molar-refractivity contribution in [2.75, 3.05) is 27.9 Å². The van der Waals surface area contributed by atoms with E-state index in [1.807, 2.05) is 42.5 Å². The van der Waals surface area contributed by atoms with Crippen molar-refractivity contribution < 1.29 is 14.2 Å². The maximum atomic E-state index is 5.70. The molecule has 144 valence electrons. The molecule has 0 aromatic heterocycles. The number of hydrogen-bond donors (Lipinski definition) is 1. The summed E-state index contributed by atoms with van der Waals surface area (Å²) in [7, 11) is 5.05. The van der Waals surface area contributed by atoms with Gasteiger partial charge < -0.3 is 24.4 Å². The number of likely N-dealkylation sites (tertiary alicyclic amines) is 1. The Bertz CT molecular complexity index is 779. The number of hydrogen-bond acceptors (Lipinski definition) is 4. The van der Waals surface area contributed by atoms with Crippen LogP contribution in [0.4, 0.5) is 0 Å². The molecular weight excluding hydrogens is 360 g/mol. The molecule has 3 rings (SSSR count). The fourth-order valence-electron chi connectivity index (χ4n) is 3.46. The van der Waals surface area contributed by atoms with Crippen LogP contribution in [0.3, 0.4) is 0 Å². The molecule has 1 aliphatic heterocycles. The average molecular weight is 387 g/mol. The zero-order chi connectivity index (χ0) is 19.2. The molecule has 0 spiro atoms. The number of nitrogens with zero attached hydrogens (tertiary/aromatic N) is 1. The Morgan fingerprint density at radius 2 is 1.74 bits per heavy atom. The van der Waals surface area contributed by atoms with Gasteiger partial charge in [-0.25, -0.2) is 0 Å². The van der Waals surface area contributed by atoms with Crippen LogP contribution >= 0.6 is 12.2 Å². The molecule has 1 heterocycles. The van der Waals surface area contributed by atoms with Crippen molar-refractivity contribution in [2.45, 2.75) is 25.4 Å². The van der Waals surface area contributed by atoms with Gasteiger partial charge in [-0.15, -0.1) is 0 Å². The van der Waals surface area contributed by atoms with E-state index < -0.39 is 0 Å². The normalized spacial score (nSPS) is 16.1. The average Bonchev–Trinajstić information content (AvgIpc) is 3.21. The summed E-state index contributed by atoms with van der Waals surface area (Å²) in [6, 6.07) is 14.1. The fraction of sp³-hybridized carbons (Fsp3) is 0.381. The lowest BCUT2D eigenvalue weighted by Crippen LogP contribution is -2.39. The Hall–Kier alpha value is -2.47. The standard InChI is InChI=1S/C21H26N2O3S/c1-24-16-8-6-15(7-9-16)14-22-21(27)23-12-4-5-19(23)18-13-17(25-2)10-11-20(18)26-3/h6-11,13,19H,4-5,12,14H2,1-3H3,(H,22,27)/t19-/m0/s1. The summed E-state index contributed by atoms with van der Waals surface area (Å²) in [6.45, 7) is 1.61. The third kappa shape index (κ3) is 4.45. The molecule has 0 radical (unpaired) electrons. The molecule has 0 aliphatic carbocycles. The molecule has 6 heteroatoms. The van der Waals surface area contributed by atoms with E-state index in [2.05, 4.69) is 10.2 Å². The van der Waals surface area contributed by atoms with Crippen LogP contribution in [0.5, 0.6) is 17.2 Å². The second-order valence-corrected chi connectivity index (χ2v) is 6.85. The second kappa shape index (κ2) is 8.95. The predicted molar refractivity (Wildman–Crippen MR) is 111 cm³/mol. The van der Waals surface area contributed by atoms with Crippen LogP contribution in [0.25, 0.3) is 0 Å². The van der Waals surface area contributed by atoms with E-state index in [0.29, 0.717) is 6.54 Å². The van der Waals surface area contributed by atoms with Gasteiger partial charge in [-0.2, -0.15) is 0 Å². The van der Waals surface area contributed by atoms with Gasteiger partial charge in [-0.1, -0.05) is 12.1 Å². The second-order valence-electron chi connectivity index (χ2n) is 6.47. The molecule has 27 heavy (non-hydrogen) atoms. The van der Waals surface area contributed by atoms with Gasteiger partial charge in [0.05, 0.1) is 27.4 Å². The summed E-state index contributed by atoms with van der Waals surface area (Å²) in [5, 5.41) is 4.15. The lowest BCUT2D eigenvalue weighted by Gasteiger charge is -2.29. The molecule has 0 saturated carbocycles. The molecule has 1 N–H and O–H groups in total. The first-order valence-electron chi connectivity index (χ1n) is 9.05. The minimum absolute atomic E-state index is 0.186. The van der Waals surface area contributed by atoms with Crippen molar-refractivity contribution in [2.24, 2.45) is 0 Å². The number of methoxy groups -OCH3 is 3. The molecule has 1 atom stereocenters. The Morgan fingerprint density at radius 3 is 2.41 bits per heavy atom. The molecule has 2 aromatic carbocycles. The maximum absolute atomic E-state index is 5.70. The third-order valence-electron chi connectivity index (χ3n) is 4.91. The third-order valence-corrected chi connectivity index (χ3v) is 5.29. The Kier molecular flexibility index (Phi) is 6.40. The van der Waals surface area contributed by atoms with Gasteiger partial charge in [-0.3, -0.25) is 0 Å². The van der Waals surface area contributed by atoms with Gasteiger partial charge in [0.2, 0.25) is 0 Å². The minimum atomic E-state index is 0.186. The van der Waals surface area contributed by atoms with Gasteiger partial charge in [0.1, 0.15) is 17.2 Å². The van der Waals surface area contributed by atoms with E-state index in [4.69, 9.17) is 26.4 Å². The number of benzene rings is 2. The molecule has 1 saturated heterocycles. The van der Waals surface area contributed by atoms with Crippen molar-refractivity contribution >= 4 is 17.3 Å². The summed E-state index contributed by atoms with van der Waals surface area (Å²) in [4.78, 5) is 2.25. The zero-order valence-electron chi connectivity index (χ0n) is 16.0. The van der Waals surface area contributed by atoms with E-state index in [1.54, 1.807) is 21.3 Å². The number of ether oxygens (including phenoxy) is 3. The van der Waals surface area contributed by atoms with Gasteiger partial charge >= 0.3 is 0 Å². The SMILES string of the molecule is COc1ccc(CNC(=S)N2CCC[C@H]2c2cc(OC)ccc2OC)cc1. The highest BCUT2D eigenvalue weighted by Gasteiger charge is 2.30. The molecule has 0 unspecified atom stereocenters. The summed E-state index contributed by atoms with van der Waals surface area (Å²) >= 11 is 5.70. The van der Waals surface area contributed by atoms with Crippen molar-refractivity contribution in [3.8, 4) is 17.2 Å². The molecular formula is C21H26N2O3S. The smallest absolute Gasteiger partial charge is 0.169 e. The van der Waals surface area contributed by atoms with Crippen molar-refractivity contribution in [1.82, 2.24) is 10.2 Å². The lowest BCUT2D eigenvalue weighted by atomic mass is 10.0. The van der Waals surface area contributed by atoms with Crippen molar-refractivity contribution in [1.29, 1.82) is 0 Å². The van der Waals surface area contributed by atoms with Crippen LogP contribution in [0.2, 0.25) is 0 Å². The highest BCUT2D eigenvalue weighted by molar-refractivity contribution is 7.80. The number of rotatable bonds is 6. The molecule has 2 aromatic rings. The van der Waals surface area contributed by atoms with Crippen LogP contribution in [0.1, 0.15) is 30.0 Å². The fourth-order valence-corrected chi connectivity index (χ4v) is 3.75. The number of nitrogens with one attached hydrogen (secondary N) is 1. The van der Waals surface area contributed by atoms with E-state index >= 15 is 0 Å². The first-order chi connectivity index (χ1) is 13.2. The van der Waals surface area contributed by atoms with Gasteiger partial charge in [0, 0.05) is 18.7 Å².